The Bertz CT molecular complexity index is 735. The minimum atomic E-state index is -0.340. The quantitative estimate of drug-likeness (QED) is 0.571. The third-order valence-corrected chi connectivity index (χ3v) is 5.63. The Balaban J connectivity index is 0.000000273. The maximum atomic E-state index is 11.7. The highest BCUT2D eigenvalue weighted by Gasteiger charge is 2.20. The number of carbonyl (C=O) groups is 2. The first-order valence-corrected chi connectivity index (χ1v) is 10.2. The highest BCUT2D eigenvalue weighted by molar-refractivity contribution is 8.14. The Labute approximate surface area is 173 Å². The monoisotopic (exact) mass is 428 g/mol. The number of nitrogens with one attached hydrogen (secondary N) is 2. The molecule has 1 aromatic rings. The number of allylic oxidation sites excluding steroid dienone is 1. The average Bonchev–Trinajstić information content (AvgIpc) is 3.07. The molecule has 1 aromatic carbocycles. The summed E-state index contributed by atoms with van der Waals surface area (Å²) in [5, 5.41) is 7.06. The number of aldehydes is 1. The second kappa shape index (κ2) is 10.8. The van der Waals surface area contributed by atoms with Crippen LogP contribution in [0.25, 0.3) is 0 Å². The van der Waals surface area contributed by atoms with Gasteiger partial charge in [-0.2, -0.15) is 0 Å². The lowest BCUT2D eigenvalue weighted by Gasteiger charge is -2.16. The molecule has 2 aliphatic rings. The van der Waals surface area contributed by atoms with Crippen LogP contribution in [-0.2, 0) is 9.59 Å². The number of para-hydroxylation sites is 1. The van der Waals surface area contributed by atoms with Crippen LogP contribution < -0.4 is 10.6 Å². The van der Waals surface area contributed by atoms with Crippen molar-refractivity contribution in [2.45, 2.75) is 12.5 Å². The van der Waals surface area contributed by atoms with E-state index in [1.54, 1.807) is 18.2 Å². The van der Waals surface area contributed by atoms with Crippen molar-refractivity contribution in [1.29, 1.82) is 0 Å². The first-order chi connectivity index (χ1) is 12.9. The molecule has 27 heavy (non-hydrogen) atoms. The van der Waals surface area contributed by atoms with Crippen LogP contribution >= 0.6 is 35.0 Å². The summed E-state index contributed by atoms with van der Waals surface area (Å²) in [6.45, 7) is 2.47. The fourth-order valence-electron chi connectivity index (χ4n) is 2.56. The number of benzene rings is 1. The van der Waals surface area contributed by atoms with Crippen LogP contribution in [0.2, 0.25) is 10.0 Å². The van der Waals surface area contributed by atoms with Crippen LogP contribution in [0.5, 0.6) is 0 Å². The summed E-state index contributed by atoms with van der Waals surface area (Å²) in [5.74, 6) is 0.0404. The van der Waals surface area contributed by atoms with Crippen LogP contribution in [0, 0.1) is 0 Å². The summed E-state index contributed by atoms with van der Waals surface area (Å²) in [6, 6.07) is 5.80. The Morgan fingerprint density at radius 1 is 1.37 bits per heavy atom. The predicted octanol–water partition coefficient (Wildman–Crippen LogP) is 2.88. The number of likely N-dealkylation sites (tertiary alicyclic amines) is 1. The Hall–Kier alpha value is -1.38. The second-order valence-corrected chi connectivity index (χ2v) is 7.87. The van der Waals surface area contributed by atoms with E-state index in [-0.39, 0.29) is 5.91 Å². The average molecular weight is 429 g/mol. The molecule has 0 saturated carbocycles. The third-order valence-electron chi connectivity index (χ3n) is 4.10. The number of rotatable bonds is 3. The molecule has 2 saturated heterocycles. The van der Waals surface area contributed by atoms with Crippen LogP contribution in [-0.4, -0.2) is 61.2 Å². The van der Waals surface area contributed by atoms with Gasteiger partial charge in [-0.3, -0.25) is 9.59 Å². The highest BCUT2D eigenvalue weighted by Crippen LogP contribution is 2.33. The normalized spacial score (nSPS) is 23.1. The molecule has 1 unspecified atom stereocenters. The Kier molecular flexibility index (Phi) is 8.79. The maximum Gasteiger partial charge on any atom is 0.254 e. The zero-order valence-corrected chi connectivity index (χ0v) is 17.5. The van der Waals surface area contributed by atoms with E-state index in [0.29, 0.717) is 38.5 Å². The molecule has 3 rings (SSSR count). The van der Waals surface area contributed by atoms with Gasteiger partial charge in [0.25, 0.3) is 5.91 Å². The van der Waals surface area contributed by atoms with Crippen LogP contribution in [0.1, 0.15) is 6.42 Å². The minimum absolute atomic E-state index is 0.340. The number of thioether (sulfide) groups is 1. The number of aliphatic imine (C=N–C) groups is 1. The van der Waals surface area contributed by atoms with Gasteiger partial charge in [0.15, 0.2) is 5.17 Å². The summed E-state index contributed by atoms with van der Waals surface area (Å²) in [7, 11) is 4.20. The number of amides is 1. The zero-order chi connectivity index (χ0) is 19.8. The summed E-state index contributed by atoms with van der Waals surface area (Å²) < 4.78 is 0. The molecule has 2 aliphatic heterocycles. The summed E-state index contributed by atoms with van der Waals surface area (Å²) in [4.78, 5) is 28.6. The van der Waals surface area contributed by atoms with Gasteiger partial charge in [-0.05, 0) is 45.3 Å². The number of halogens is 2. The standard InChI is InChI=1S/C12H8Cl2N2O2S.C6H14N2/c13-8-2-1-3-9(14)10(8)15-12-16-11(18)7(4-5-17)6-19-12;1-7-6-3-4-8(2)5-6/h1-5H,6H2,(H,15,16,18);6-7H,3-5H2,1-2H3/b7-4+;. The molecule has 0 aliphatic carbocycles. The van der Waals surface area contributed by atoms with Crippen molar-refractivity contribution in [3.05, 3.63) is 39.9 Å². The van der Waals surface area contributed by atoms with E-state index in [4.69, 9.17) is 23.2 Å². The number of nitrogens with zero attached hydrogens (tertiary/aromatic N) is 2. The lowest BCUT2D eigenvalue weighted by atomic mass is 10.2. The van der Waals surface area contributed by atoms with Crippen molar-refractivity contribution in [2.24, 2.45) is 4.99 Å². The van der Waals surface area contributed by atoms with Gasteiger partial charge in [0, 0.05) is 23.9 Å². The summed E-state index contributed by atoms with van der Waals surface area (Å²) in [6.07, 6.45) is 3.14. The van der Waals surface area contributed by atoms with E-state index in [1.807, 2.05) is 7.05 Å². The van der Waals surface area contributed by atoms with Crippen molar-refractivity contribution in [1.82, 2.24) is 15.5 Å². The third kappa shape index (κ3) is 6.62. The molecule has 2 heterocycles. The largest absolute Gasteiger partial charge is 0.316 e. The number of carbonyl (C=O) groups excluding carboxylic acids is 2. The van der Waals surface area contributed by atoms with Crippen LogP contribution in [0.3, 0.4) is 0 Å². The molecule has 0 spiro atoms. The first kappa shape index (κ1) is 21.9. The molecule has 0 bridgehead atoms. The van der Waals surface area contributed by atoms with Gasteiger partial charge in [-0.25, -0.2) is 4.99 Å². The van der Waals surface area contributed by atoms with E-state index >= 15 is 0 Å². The molecule has 146 valence electrons. The van der Waals surface area contributed by atoms with Crippen molar-refractivity contribution >= 4 is 58.0 Å². The smallest absolute Gasteiger partial charge is 0.254 e. The van der Waals surface area contributed by atoms with Crippen molar-refractivity contribution in [2.75, 3.05) is 32.9 Å². The molecule has 9 heteroatoms. The van der Waals surface area contributed by atoms with Gasteiger partial charge in [0.2, 0.25) is 0 Å². The maximum absolute atomic E-state index is 11.7. The number of hydrogen-bond acceptors (Lipinski definition) is 6. The topological polar surface area (TPSA) is 73.8 Å². The Morgan fingerprint density at radius 2 is 2.07 bits per heavy atom. The van der Waals surface area contributed by atoms with E-state index in [9.17, 15) is 9.59 Å². The fourth-order valence-corrected chi connectivity index (χ4v) is 3.88. The van der Waals surface area contributed by atoms with E-state index in [0.717, 1.165) is 6.04 Å². The number of amidine groups is 1. The minimum Gasteiger partial charge on any atom is -0.316 e. The molecular formula is C18H22Cl2N4O2S. The van der Waals surface area contributed by atoms with Gasteiger partial charge in [-0.1, -0.05) is 41.0 Å². The number of likely N-dealkylation sites (N-methyl/N-ethyl adjacent to an activating group) is 2. The van der Waals surface area contributed by atoms with E-state index < -0.39 is 0 Å². The van der Waals surface area contributed by atoms with Crippen molar-refractivity contribution in [3.8, 4) is 0 Å². The van der Waals surface area contributed by atoms with Gasteiger partial charge in [0.05, 0.1) is 10.0 Å². The van der Waals surface area contributed by atoms with E-state index in [2.05, 4.69) is 27.6 Å². The first-order valence-electron chi connectivity index (χ1n) is 8.41. The van der Waals surface area contributed by atoms with Gasteiger partial charge in [0.1, 0.15) is 12.0 Å². The van der Waals surface area contributed by atoms with E-state index in [1.165, 1.54) is 37.3 Å². The lowest BCUT2D eigenvalue weighted by Crippen LogP contribution is -2.35. The molecule has 0 radical (unpaired) electrons. The SMILES string of the molecule is CNC1CCN(C)C1.O=C/C=C1\CSC(=Nc2c(Cl)cccc2Cl)NC1=O. The summed E-state index contributed by atoms with van der Waals surface area (Å²) in [5.41, 5.74) is 0.820. The van der Waals surface area contributed by atoms with Gasteiger partial charge >= 0.3 is 0 Å². The Morgan fingerprint density at radius 3 is 2.56 bits per heavy atom. The fraction of sp³-hybridized carbons (Fsp3) is 0.389. The lowest BCUT2D eigenvalue weighted by molar-refractivity contribution is -0.116. The van der Waals surface area contributed by atoms with Crippen molar-refractivity contribution < 1.29 is 9.59 Å². The molecule has 1 amide bonds. The molecule has 6 nitrogen and oxygen atoms in total. The molecule has 1 atom stereocenters. The second-order valence-electron chi connectivity index (χ2n) is 6.09. The molecule has 2 fully saturated rings. The van der Waals surface area contributed by atoms with Crippen LogP contribution in [0.4, 0.5) is 5.69 Å². The highest BCUT2D eigenvalue weighted by atomic mass is 35.5. The van der Waals surface area contributed by atoms with Crippen LogP contribution in [0.15, 0.2) is 34.8 Å². The number of hydrogen-bond donors (Lipinski definition) is 2. The van der Waals surface area contributed by atoms with Crippen molar-refractivity contribution in [3.63, 3.8) is 0 Å². The predicted molar refractivity (Wildman–Crippen MR) is 113 cm³/mol. The summed E-state index contributed by atoms with van der Waals surface area (Å²) >= 11 is 13.3. The van der Waals surface area contributed by atoms with Gasteiger partial charge < -0.3 is 15.5 Å². The molecule has 0 aromatic heterocycles. The molecular weight excluding hydrogens is 407 g/mol. The zero-order valence-electron chi connectivity index (χ0n) is 15.2. The molecule has 2 N–H and O–H groups in total. The van der Waals surface area contributed by atoms with Gasteiger partial charge in [-0.15, -0.1) is 0 Å².